The summed E-state index contributed by atoms with van der Waals surface area (Å²) in [4.78, 5) is 55.2. The lowest BCUT2D eigenvalue weighted by Gasteiger charge is -2.35. The number of non-ortho nitro benzene ring substituents is 1. The Morgan fingerprint density at radius 3 is 2.42 bits per heavy atom. The van der Waals surface area contributed by atoms with E-state index < -0.39 is 46.4 Å². The molecule has 0 aromatic heterocycles. The third-order valence-electron chi connectivity index (χ3n) is 7.17. The van der Waals surface area contributed by atoms with Crippen LogP contribution in [0.15, 0.2) is 79.0 Å². The van der Waals surface area contributed by atoms with E-state index in [9.17, 15) is 24.5 Å². The number of amides is 2. The smallest absolute Gasteiger partial charge is 0.270 e. The number of carbonyl (C=O) groups excluding carboxylic acids is 3. The Bertz CT molecular complexity index is 1500. The standard InChI is InChI=1S/C27H18ClN3O5/c28-19-10-3-4-11-20(19)30-26(33)21-22(27(30)34)24(25(32)16-7-5-8-17(14-16)31(35)36)29-13-12-15-6-1-2-9-18(15)23(21)29/h1-14,21-24H/t21-,22+,23?,24-/m0/s1. The summed E-state index contributed by atoms with van der Waals surface area (Å²) in [6.07, 6.45) is 3.59. The van der Waals surface area contributed by atoms with Gasteiger partial charge in [-0.05, 0) is 29.3 Å². The number of Topliss-reactive ketones (excluding diaryl/α,β-unsaturated/α-hetero) is 1. The van der Waals surface area contributed by atoms with E-state index in [1.807, 2.05) is 30.3 Å². The third-order valence-corrected chi connectivity index (χ3v) is 7.48. The number of benzene rings is 3. The first-order valence-electron chi connectivity index (χ1n) is 11.3. The lowest BCUT2D eigenvalue weighted by atomic mass is 9.83. The Balaban J connectivity index is 1.51. The van der Waals surface area contributed by atoms with Gasteiger partial charge < -0.3 is 4.90 Å². The molecule has 36 heavy (non-hydrogen) atoms. The molecule has 6 rings (SSSR count). The number of para-hydroxylation sites is 1. The number of anilines is 1. The van der Waals surface area contributed by atoms with Gasteiger partial charge in [0.1, 0.15) is 6.04 Å². The van der Waals surface area contributed by atoms with Gasteiger partial charge >= 0.3 is 0 Å². The van der Waals surface area contributed by atoms with Crippen molar-refractivity contribution in [2.45, 2.75) is 12.1 Å². The maximum Gasteiger partial charge on any atom is 0.270 e. The van der Waals surface area contributed by atoms with E-state index in [1.165, 1.54) is 24.3 Å². The lowest BCUT2D eigenvalue weighted by Crippen LogP contribution is -2.44. The van der Waals surface area contributed by atoms with Crippen LogP contribution in [0.25, 0.3) is 6.08 Å². The topological polar surface area (TPSA) is 101 Å². The van der Waals surface area contributed by atoms with E-state index in [1.54, 1.807) is 35.4 Å². The molecule has 9 heteroatoms. The number of hydrogen-bond donors (Lipinski definition) is 0. The SMILES string of the molecule is O=C(c1cccc([N+](=O)[O-])c1)[C@@H]1[C@@H]2C(=O)N(c3ccccc3Cl)C(=O)[C@@H]2C2c3ccccc3C=CN21. The van der Waals surface area contributed by atoms with Crippen molar-refractivity contribution in [1.29, 1.82) is 0 Å². The molecule has 4 atom stereocenters. The van der Waals surface area contributed by atoms with Crippen LogP contribution in [0.3, 0.4) is 0 Å². The fraction of sp³-hybridized carbons (Fsp3) is 0.148. The fourth-order valence-electron chi connectivity index (χ4n) is 5.67. The minimum absolute atomic E-state index is 0.109. The number of carbonyl (C=O) groups is 3. The monoisotopic (exact) mass is 499 g/mol. The number of nitrogens with zero attached hydrogens (tertiary/aromatic N) is 3. The van der Waals surface area contributed by atoms with E-state index in [0.29, 0.717) is 0 Å². The van der Waals surface area contributed by atoms with Gasteiger partial charge in [0.2, 0.25) is 11.8 Å². The number of hydrogen-bond acceptors (Lipinski definition) is 6. The lowest BCUT2D eigenvalue weighted by molar-refractivity contribution is -0.384. The van der Waals surface area contributed by atoms with Crippen molar-refractivity contribution in [1.82, 2.24) is 4.90 Å². The number of ketones is 1. The van der Waals surface area contributed by atoms with Crippen molar-refractivity contribution < 1.29 is 19.3 Å². The van der Waals surface area contributed by atoms with Crippen LogP contribution in [0.4, 0.5) is 11.4 Å². The molecular weight excluding hydrogens is 482 g/mol. The number of nitro benzene ring substituents is 1. The first-order chi connectivity index (χ1) is 17.4. The Hall–Kier alpha value is -4.30. The summed E-state index contributed by atoms with van der Waals surface area (Å²) in [6.45, 7) is 0. The van der Waals surface area contributed by atoms with Gasteiger partial charge in [0.25, 0.3) is 5.69 Å². The maximum atomic E-state index is 13.9. The average Bonchev–Trinajstić information content (AvgIpc) is 3.36. The van der Waals surface area contributed by atoms with E-state index in [4.69, 9.17) is 11.6 Å². The van der Waals surface area contributed by atoms with Gasteiger partial charge in [-0.1, -0.05) is 60.1 Å². The predicted octanol–water partition coefficient (Wildman–Crippen LogP) is 4.65. The third kappa shape index (κ3) is 3.11. The molecule has 0 aliphatic carbocycles. The fourth-order valence-corrected chi connectivity index (χ4v) is 5.89. The molecule has 2 amide bonds. The van der Waals surface area contributed by atoms with Crippen molar-refractivity contribution in [3.8, 4) is 0 Å². The number of imide groups is 1. The summed E-state index contributed by atoms with van der Waals surface area (Å²) < 4.78 is 0. The van der Waals surface area contributed by atoms with Crippen LogP contribution in [0.1, 0.15) is 27.5 Å². The van der Waals surface area contributed by atoms with E-state index in [0.717, 1.165) is 16.0 Å². The molecule has 3 aliphatic rings. The van der Waals surface area contributed by atoms with E-state index in [-0.39, 0.29) is 22.0 Å². The number of fused-ring (bicyclic) bond motifs is 5. The highest BCUT2D eigenvalue weighted by atomic mass is 35.5. The Labute approximate surface area is 210 Å². The summed E-state index contributed by atoms with van der Waals surface area (Å²) in [5, 5.41) is 11.6. The number of halogens is 1. The molecule has 3 aliphatic heterocycles. The summed E-state index contributed by atoms with van der Waals surface area (Å²) in [5.41, 5.74) is 1.90. The van der Waals surface area contributed by atoms with Crippen LogP contribution >= 0.6 is 11.6 Å². The first-order valence-corrected chi connectivity index (χ1v) is 11.7. The molecule has 0 bridgehead atoms. The molecule has 2 fully saturated rings. The second-order valence-corrected chi connectivity index (χ2v) is 9.38. The zero-order valence-corrected chi connectivity index (χ0v) is 19.4. The number of nitro groups is 1. The molecule has 1 unspecified atom stereocenters. The summed E-state index contributed by atoms with van der Waals surface area (Å²) in [7, 11) is 0. The van der Waals surface area contributed by atoms with Gasteiger partial charge in [0.05, 0.1) is 33.5 Å². The van der Waals surface area contributed by atoms with Gasteiger partial charge in [0, 0.05) is 23.9 Å². The largest absolute Gasteiger partial charge is 0.358 e. The summed E-state index contributed by atoms with van der Waals surface area (Å²) in [6, 6.07) is 18.0. The molecular formula is C27H18ClN3O5. The first kappa shape index (κ1) is 22.2. The van der Waals surface area contributed by atoms with Gasteiger partial charge in [-0.15, -0.1) is 0 Å². The minimum Gasteiger partial charge on any atom is -0.358 e. The van der Waals surface area contributed by atoms with Crippen LogP contribution in [-0.4, -0.2) is 33.5 Å². The second-order valence-electron chi connectivity index (χ2n) is 8.97. The zero-order chi connectivity index (χ0) is 25.1. The summed E-state index contributed by atoms with van der Waals surface area (Å²) in [5.74, 6) is -3.20. The molecule has 3 heterocycles. The maximum absolute atomic E-state index is 13.9. The van der Waals surface area contributed by atoms with Crippen LogP contribution in [-0.2, 0) is 9.59 Å². The summed E-state index contributed by atoms with van der Waals surface area (Å²) >= 11 is 6.35. The van der Waals surface area contributed by atoms with Gasteiger partial charge in [-0.2, -0.15) is 0 Å². The van der Waals surface area contributed by atoms with Crippen molar-refractivity contribution in [3.63, 3.8) is 0 Å². The number of rotatable bonds is 4. The minimum atomic E-state index is -1.02. The van der Waals surface area contributed by atoms with Crippen molar-refractivity contribution in [3.05, 3.63) is 111 Å². The van der Waals surface area contributed by atoms with Gasteiger partial charge in [-0.3, -0.25) is 24.5 Å². The molecule has 178 valence electrons. The van der Waals surface area contributed by atoms with Crippen LogP contribution in [0.2, 0.25) is 5.02 Å². The average molecular weight is 500 g/mol. The molecule has 0 saturated carbocycles. The van der Waals surface area contributed by atoms with Gasteiger partial charge in [-0.25, -0.2) is 4.90 Å². The van der Waals surface area contributed by atoms with Gasteiger partial charge in [0.15, 0.2) is 5.78 Å². The highest BCUT2D eigenvalue weighted by molar-refractivity contribution is 6.36. The molecule has 3 aromatic rings. The quantitative estimate of drug-likeness (QED) is 0.224. The normalized spacial score (nSPS) is 23.9. The highest BCUT2D eigenvalue weighted by Gasteiger charge is 2.64. The van der Waals surface area contributed by atoms with Crippen molar-refractivity contribution >= 4 is 46.6 Å². The van der Waals surface area contributed by atoms with Crippen molar-refractivity contribution in [2.75, 3.05) is 4.90 Å². The van der Waals surface area contributed by atoms with E-state index >= 15 is 0 Å². The Morgan fingerprint density at radius 1 is 0.917 bits per heavy atom. The second kappa shape index (κ2) is 8.13. The predicted molar refractivity (Wildman–Crippen MR) is 132 cm³/mol. The van der Waals surface area contributed by atoms with Crippen LogP contribution < -0.4 is 4.90 Å². The molecule has 2 saturated heterocycles. The highest BCUT2D eigenvalue weighted by Crippen LogP contribution is 2.54. The van der Waals surface area contributed by atoms with E-state index in [2.05, 4.69) is 0 Å². The molecule has 3 aromatic carbocycles. The van der Waals surface area contributed by atoms with Crippen molar-refractivity contribution in [2.24, 2.45) is 11.8 Å². The van der Waals surface area contributed by atoms with Crippen LogP contribution in [0.5, 0.6) is 0 Å². The molecule has 0 radical (unpaired) electrons. The molecule has 8 nitrogen and oxygen atoms in total. The molecule has 0 N–H and O–H groups in total. The Kier molecular flexibility index (Phi) is 5.01. The molecule has 0 spiro atoms. The Morgan fingerprint density at radius 2 is 1.64 bits per heavy atom. The zero-order valence-electron chi connectivity index (χ0n) is 18.7. The van der Waals surface area contributed by atoms with Crippen LogP contribution in [0, 0.1) is 22.0 Å².